The second-order valence-corrected chi connectivity index (χ2v) is 6.03. The summed E-state index contributed by atoms with van der Waals surface area (Å²) in [5.41, 5.74) is 1.83. The van der Waals surface area contributed by atoms with Crippen LogP contribution in [0.15, 0.2) is 48.5 Å². The van der Waals surface area contributed by atoms with Gasteiger partial charge in [0, 0.05) is 19.0 Å². The number of aliphatic hydroxyl groups is 1. The number of nitrogens with one attached hydrogen (secondary N) is 1. The van der Waals surface area contributed by atoms with Crippen LogP contribution in [0.3, 0.4) is 0 Å². The van der Waals surface area contributed by atoms with Crippen LogP contribution in [0.4, 0.5) is 0 Å². The van der Waals surface area contributed by atoms with Crippen molar-refractivity contribution in [3.63, 3.8) is 0 Å². The molecule has 0 aromatic heterocycles. The third kappa shape index (κ3) is 5.20. The Kier molecular flexibility index (Phi) is 6.38. The molecule has 2 aromatic rings. The van der Waals surface area contributed by atoms with Gasteiger partial charge in [-0.15, -0.1) is 0 Å². The first-order chi connectivity index (χ1) is 11.9. The number of aliphatic carboxylic acids is 1. The van der Waals surface area contributed by atoms with Crippen LogP contribution in [-0.4, -0.2) is 32.4 Å². The van der Waals surface area contributed by atoms with E-state index in [2.05, 4.69) is 17.4 Å². The van der Waals surface area contributed by atoms with E-state index >= 15 is 0 Å². The number of hydrogen-bond acceptors (Lipinski definition) is 5. The van der Waals surface area contributed by atoms with Gasteiger partial charge in [0.05, 0.1) is 6.10 Å². The number of carboxylic acid groups (broad SMARTS) is 1. The van der Waals surface area contributed by atoms with E-state index in [0.29, 0.717) is 5.56 Å². The van der Waals surface area contributed by atoms with Crippen molar-refractivity contribution in [2.75, 3.05) is 0 Å². The molecule has 6 nitrogen and oxygen atoms in total. The highest BCUT2D eigenvalue weighted by molar-refractivity contribution is 5.62. The summed E-state index contributed by atoms with van der Waals surface area (Å²) in [5.74, 6) is -1.21. The maximum absolute atomic E-state index is 10.4. The predicted molar refractivity (Wildman–Crippen MR) is 93.4 cm³/mol. The standard InChI is InChI=1S/C17H19NO3.C2H4O2/c19-15-9-6-12(10-16(15)20)17(21)14-8-7-13(18-14)11-4-2-1-3-5-11;1-2(3)4/h1-6,9-10,13-14,17-21H,7-8H2;1H3,(H,3,4). The number of carboxylic acids is 1. The molecule has 134 valence electrons. The van der Waals surface area contributed by atoms with Gasteiger partial charge in [0.25, 0.3) is 5.97 Å². The molecule has 25 heavy (non-hydrogen) atoms. The first-order valence-electron chi connectivity index (χ1n) is 8.09. The van der Waals surface area contributed by atoms with E-state index < -0.39 is 12.1 Å². The van der Waals surface area contributed by atoms with E-state index in [1.807, 2.05) is 18.2 Å². The molecule has 1 saturated heterocycles. The first-order valence-corrected chi connectivity index (χ1v) is 8.09. The quantitative estimate of drug-likeness (QED) is 0.547. The molecule has 0 amide bonds. The van der Waals surface area contributed by atoms with Crippen molar-refractivity contribution in [2.24, 2.45) is 0 Å². The Balaban J connectivity index is 0.000000511. The van der Waals surface area contributed by atoms with Crippen LogP contribution in [0.2, 0.25) is 0 Å². The summed E-state index contributed by atoms with van der Waals surface area (Å²) >= 11 is 0. The van der Waals surface area contributed by atoms with Gasteiger partial charge in [0.15, 0.2) is 11.5 Å². The highest BCUT2D eigenvalue weighted by Gasteiger charge is 2.30. The molecule has 1 heterocycles. The molecule has 0 radical (unpaired) electrons. The van der Waals surface area contributed by atoms with Gasteiger partial charge in [0.2, 0.25) is 0 Å². The molecular formula is C19H23NO5. The van der Waals surface area contributed by atoms with Crippen LogP contribution >= 0.6 is 0 Å². The molecule has 5 N–H and O–H groups in total. The third-order valence-corrected chi connectivity index (χ3v) is 4.11. The lowest BCUT2D eigenvalue weighted by molar-refractivity contribution is -0.134. The van der Waals surface area contributed by atoms with Crippen molar-refractivity contribution in [1.82, 2.24) is 5.32 Å². The van der Waals surface area contributed by atoms with E-state index in [1.54, 1.807) is 6.07 Å². The number of aromatic hydroxyl groups is 2. The van der Waals surface area contributed by atoms with Gasteiger partial charge >= 0.3 is 0 Å². The van der Waals surface area contributed by atoms with Gasteiger partial charge in [-0.3, -0.25) is 4.79 Å². The van der Waals surface area contributed by atoms with Crippen LogP contribution in [-0.2, 0) is 4.79 Å². The Morgan fingerprint density at radius 2 is 1.72 bits per heavy atom. The molecule has 2 aromatic carbocycles. The number of aliphatic hydroxyl groups excluding tert-OH is 1. The molecule has 6 heteroatoms. The smallest absolute Gasteiger partial charge is 0.300 e. The fourth-order valence-corrected chi connectivity index (χ4v) is 2.93. The summed E-state index contributed by atoms with van der Waals surface area (Å²) in [4.78, 5) is 9.00. The van der Waals surface area contributed by atoms with Gasteiger partial charge < -0.3 is 25.7 Å². The van der Waals surface area contributed by atoms with Crippen molar-refractivity contribution < 1.29 is 25.2 Å². The van der Waals surface area contributed by atoms with E-state index in [0.717, 1.165) is 19.8 Å². The van der Waals surface area contributed by atoms with Crippen molar-refractivity contribution >= 4 is 5.97 Å². The fraction of sp³-hybridized carbons (Fsp3) is 0.316. The minimum absolute atomic E-state index is 0.0563. The Labute approximate surface area is 146 Å². The molecule has 1 aliphatic rings. The highest BCUT2D eigenvalue weighted by Crippen LogP contribution is 2.34. The maximum atomic E-state index is 10.4. The lowest BCUT2D eigenvalue weighted by Gasteiger charge is -2.21. The van der Waals surface area contributed by atoms with E-state index in [9.17, 15) is 15.3 Å². The lowest BCUT2D eigenvalue weighted by atomic mass is 10.0. The zero-order chi connectivity index (χ0) is 18.4. The summed E-state index contributed by atoms with van der Waals surface area (Å²) < 4.78 is 0. The second kappa shape index (κ2) is 8.50. The van der Waals surface area contributed by atoms with Gasteiger partial charge in [-0.1, -0.05) is 36.4 Å². The summed E-state index contributed by atoms with van der Waals surface area (Å²) in [7, 11) is 0. The normalized spacial score (nSPS) is 20.4. The molecular weight excluding hydrogens is 322 g/mol. The van der Waals surface area contributed by atoms with E-state index in [1.165, 1.54) is 17.7 Å². The molecule has 0 bridgehead atoms. The second-order valence-electron chi connectivity index (χ2n) is 6.03. The van der Waals surface area contributed by atoms with Crippen LogP contribution in [0.25, 0.3) is 0 Å². The average Bonchev–Trinajstić information content (AvgIpc) is 3.07. The van der Waals surface area contributed by atoms with Crippen molar-refractivity contribution in [1.29, 1.82) is 0 Å². The zero-order valence-electron chi connectivity index (χ0n) is 14.0. The minimum atomic E-state index is -0.833. The SMILES string of the molecule is CC(=O)O.Oc1ccc(C(O)C2CCC(c3ccccc3)N2)cc1O. The monoisotopic (exact) mass is 345 g/mol. The number of hydrogen-bond donors (Lipinski definition) is 5. The Morgan fingerprint density at radius 1 is 1.08 bits per heavy atom. The highest BCUT2D eigenvalue weighted by atomic mass is 16.4. The molecule has 0 saturated carbocycles. The maximum Gasteiger partial charge on any atom is 0.300 e. The molecule has 1 fully saturated rings. The third-order valence-electron chi connectivity index (χ3n) is 4.11. The van der Waals surface area contributed by atoms with Gasteiger partial charge in [-0.05, 0) is 36.1 Å². The van der Waals surface area contributed by atoms with E-state index in [4.69, 9.17) is 9.90 Å². The van der Waals surface area contributed by atoms with E-state index in [-0.39, 0.29) is 23.6 Å². The summed E-state index contributed by atoms with van der Waals surface area (Å²) in [5, 5.41) is 40.2. The number of rotatable bonds is 3. The Morgan fingerprint density at radius 3 is 2.32 bits per heavy atom. The largest absolute Gasteiger partial charge is 0.504 e. The number of phenols is 2. The van der Waals surface area contributed by atoms with Gasteiger partial charge in [-0.2, -0.15) is 0 Å². The van der Waals surface area contributed by atoms with Crippen LogP contribution < -0.4 is 5.32 Å². The topological polar surface area (TPSA) is 110 Å². The molecule has 3 atom stereocenters. The van der Waals surface area contributed by atoms with Crippen molar-refractivity contribution in [3.05, 3.63) is 59.7 Å². The molecule has 0 aliphatic carbocycles. The predicted octanol–water partition coefficient (Wildman–Crippen LogP) is 2.72. The molecule has 1 aliphatic heterocycles. The minimum Gasteiger partial charge on any atom is -0.504 e. The number of carbonyl (C=O) groups is 1. The molecule has 3 unspecified atom stereocenters. The van der Waals surface area contributed by atoms with Crippen LogP contribution in [0.1, 0.15) is 43.0 Å². The van der Waals surface area contributed by atoms with Crippen LogP contribution in [0, 0.1) is 0 Å². The van der Waals surface area contributed by atoms with Crippen molar-refractivity contribution in [2.45, 2.75) is 38.0 Å². The first kappa shape index (κ1) is 18.8. The summed E-state index contributed by atoms with van der Waals surface area (Å²) in [6.45, 7) is 1.08. The summed E-state index contributed by atoms with van der Waals surface area (Å²) in [6, 6.07) is 14.8. The molecule has 0 spiro atoms. The Hall–Kier alpha value is -2.57. The number of benzene rings is 2. The van der Waals surface area contributed by atoms with Gasteiger partial charge in [-0.25, -0.2) is 0 Å². The van der Waals surface area contributed by atoms with Gasteiger partial charge in [0.1, 0.15) is 0 Å². The number of phenolic OH excluding ortho intramolecular Hbond substituents is 2. The lowest BCUT2D eigenvalue weighted by Crippen LogP contribution is -2.30. The molecule has 3 rings (SSSR count). The average molecular weight is 345 g/mol. The van der Waals surface area contributed by atoms with Crippen molar-refractivity contribution in [3.8, 4) is 11.5 Å². The summed E-state index contributed by atoms with van der Waals surface area (Å²) in [6.07, 6.45) is 1.13. The zero-order valence-corrected chi connectivity index (χ0v) is 14.0. The van der Waals surface area contributed by atoms with Crippen LogP contribution in [0.5, 0.6) is 11.5 Å². The Bertz CT molecular complexity index is 700. The fourth-order valence-electron chi connectivity index (χ4n) is 2.93.